The van der Waals surface area contributed by atoms with Crippen LogP contribution in [0.3, 0.4) is 0 Å². The summed E-state index contributed by atoms with van der Waals surface area (Å²) in [6, 6.07) is 5.55. The van der Waals surface area contributed by atoms with Gasteiger partial charge in [0.2, 0.25) is 0 Å². The third-order valence-corrected chi connectivity index (χ3v) is 3.60. The summed E-state index contributed by atoms with van der Waals surface area (Å²) in [5.41, 5.74) is 1.85. The molecule has 124 valence electrons. The Labute approximate surface area is 135 Å². The van der Waals surface area contributed by atoms with Crippen molar-refractivity contribution in [1.29, 1.82) is 0 Å². The monoisotopic (exact) mass is 319 g/mol. The molecule has 1 aromatic carbocycles. The van der Waals surface area contributed by atoms with Crippen molar-refractivity contribution in [2.75, 3.05) is 6.54 Å². The number of rotatable bonds is 6. The molecule has 0 bridgehead atoms. The Balaban J connectivity index is 1.97. The molecule has 2 aromatic rings. The third kappa shape index (κ3) is 4.39. The van der Waals surface area contributed by atoms with Crippen molar-refractivity contribution in [2.24, 2.45) is 5.92 Å². The standard InChI is InChI=1S/C17H22FN3O2/c1-11(2)10-21-12(3)15(8-20-21)17(23)19-9-16(22)13-4-6-14(18)7-5-13/h4-8,11,16,22H,9-10H2,1-3H3,(H,19,23). The van der Waals surface area contributed by atoms with E-state index in [0.717, 1.165) is 12.2 Å². The summed E-state index contributed by atoms with van der Waals surface area (Å²) in [7, 11) is 0. The molecule has 2 rings (SSSR count). The Hall–Kier alpha value is -2.21. The van der Waals surface area contributed by atoms with E-state index in [4.69, 9.17) is 0 Å². The molecule has 0 spiro atoms. The van der Waals surface area contributed by atoms with Crippen LogP contribution in [-0.2, 0) is 6.54 Å². The Morgan fingerprint density at radius 1 is 1.35 bits per heavy atom. The molecule has 2 N–H and O–H groups in total. The summed E-state index contributed by atoms with van der Waals surface area (Å²) in [6.45, 7) is 6.82. The summed E-state index contributed by atoms with van der Waals surface area (Å²) in [5.74, 6) is -0.207. The van der Waals surface area contributed by atoms with E-state index in [2.05, 4.69) is 24.3 Å². The smallest absolute Gasteiger partial charge is 0.254 e. The number of carbonyl (C=O) groups excluding carboxylic acids is 1. The zero-order chi connectivity index (χ0) is 17.0. The number of aliphatic hydroxyl groups excluding tert-OH is 1. The number of hydrogen-bond acceptors (Lipinski definition) is 3. The van der Waals surface area contributed by atoms with E-state index in [0.29, 0.717) is 17.0 Å². The molecule has 23 heavy (non-hydrogen) atoms. The fourth-order valence-electron chi connectivity index (χ4n) is 2.29. The van der Waals surface area contributed by atoms with Crippen molar-refractivity contribution >= 4 is 5.91 Å². The second-order valence-electron chi connectivity index (χ2n) is 6.00. The zero-order valence-electron chi connectivity index (χ0n) is 13.6. The van der Waals surface area contributed by atoms with Gasteiger partial charge in [-0.05, 0) is 30.5 Å². The summed E-state index contributed by atoms with van der Waals surface area (Å²) < 4.78 is 14.7. The lowest BCUT2D eigenvalue weighted by Crippen LogP contribution is -2.28. The van der Waals surface area contributed by atoms with Gasteiger partial charge < -0.3 is 10.4 Å². The van der Waals surface area contributed by atoms with E-state index in [1.54, 1.807) is 4.68 Å². The van der Waals surface area contributed by atoms with E-state index >= 15 is 0 Å². The van der Waals surface area contributed by atoms with E-state index in [1.807, 2.05) is 6.92 Å². The number of nitrogens with zero attached hydrogens (tertiary/aromatic N) is 2. The van der Waals surface area contributed by atoms with Crippen molar-refractivity contribution in [3.05, 3.63) is 53.1 Å². The number of halogens is 1. The highest BCUT2D eigenvalue weighted by Crippen LogP contribution is 2.14. The van der Waals surface area contributed by atoms with Crippen molar-refractivity contribution in [3.63, 3.8) is 0 Å². The van der Waals surface area contributed by atoms with Crippen LogP contribution in [0.1, 0.15) is 41.6 Å². The first-order chi connectivity index (χ1) is 10.9. The summed E-state index contributed by atoms with van der Waals surface area (Å²) in [6.07, 6.45) is 0.655. The number of aliphatic hydroxyl groups is 1. The highest BCUT2D eigenvalue weighted by Gasteiger charge is 2.16. The second kappa shape index (κ2) is 7.37. The summed E-state index contributed by atoms with van der Waals surface area (Å²) in [5, 5.41) is 16.9. The highest BCUT2D eigenvalue weighted by molar-refractivity contribution is 5.95. The molecule has 0 aliphatic rings. The van der Waals surface area contributed by atoms with Gasteiger partial charge in [0.05, 0.1) is 17.9 Å². The number of carbonyl (C=O) groups is 1. The predicted octanol–water partition coefficient (Wildman–Crippen LogP) is 2.45. The van der Waals surface area contributed by atoms with Crippen LogP contribution in [0, 0.1) is 18.7 Å². The Bertz CT molecular complexity index is 665. The van der Waals surface area contributed by atoms with Crippen LogP contribution in [0.4, 0.5) is 4.39 Å². The fraction of sp³-hybridized carbons (Fsp3) is 0.412. The molecule has 0 aliphatic heterocycles. The van der Waals surface area contributed by atoms with Gasteiger partial charge in [-0.15, -0.1) is 0 Å². The summed E-state index contributed by atoms with van der Waals surface area (Å²) >= 11 is 0. The maximum atomic E-state index is 12.9. The van der Waals surface area contributed by atoms with Gasteiger partial charge in [0.1, 0.15) is 5.82 Å². The molecule has 0 radical (unpaired) electrons. The van der Waals surface area contributed by atoms with Crippen molar-refractivity contribution < 1.29 is 14.3 Å². The Kier molecular flexibility index (Phi) is 5.50. The molecular weight excluding hydrogens is 297 g/mol. The molecule has 0 saturated heterocycles. The molecule has 5 nitrogen and oxygen atoms in total. The van der Waals surface area contributed by atoms with Crippen LogP contribution < -0.4 is 5.32 Å². The molecule has 1 heterocycles. The first-order valence-electron chi connectivity index (χ1n) is 7.62. The average Bonchev–Trinajstić information content (AvgIpc) is 2.86. The number of hydrogen-bond donors (Lipinski definition) is 2. The first-order valence-corrected chi connectivity index (χ1v) is 7.62. The number of aromatic nitrogens is 2. The second-order valence-corrected chi connectivity index (χ2v) is 6.00. The number of nitrogens with one attached hydrogen (secondary N) is 1. The lowest BCUT2D eigenvalue weighted by Gasteiger charge is -2.12. The lowest BCUT2D eigenvalue weighted by molar-refractivity contribution is 0.0915. The summed E-state index contributed by atoms with van der Waals surface area (Å²) in [4.78, 5) is 12.2. The number of benzene rings is 1. The maximum Gasteiger partial charge on any atom is 0.254 e. The van der Waals surface area contributed by atoms with Crippen LogP contribution in [0.5, 0.6) is 0 Å². The largest absolute Gasteiger partial charge is 0.387 e. The average molecular weight is 319 g/mol. The minimum Gasteiger partial charge on any atom is -0.387 e. The first kappa shape index (κ1) is 17.1. The molecule has 0 fully saturated rings. The molecular formula is C17H22FN3O2. The normalized spacial score (nSPS) is 12.4. The highest BCUT2D eigenvalue weighted by atomic mass is 19.1. The molecule has 1 unspecified atom stereocenters. The Morgan fingerprint density at radius 3 is 2.61 bits per heavy atom. The van der Waals surface area contributed by atoms with Gasteiger partial charge in [-0.1, -0.05) is 26.0 Å². The van der Waals surface area contributed by atoms with Gasteiger partial charge in [-0.3, -0.25) is 9.48 Å². The Morgan fingerprint density at radius 2 is 2.00 bits per heavy atom. The zero-order valence-corrected chi connectivity index (χ0v) is 13.6. The van der Waals surface area contributed by atoms with Gasteiger partial charge in [-0.2, -0.15) is 5.10 Å². The van der Waals surface area contributed by atoms with Crippen LogP contribution in [0.2, 0.25) is 0 Å². The third-order valence-electron chi connectivity index (χ3n) is 3.60. The van der Waals surface area contributed by atoms with Crippen molar-refractivity contribution in [3.8, 4) is 0 Å². The minimum atomic E-state index is -0.884. The maximum absolute atomic E-state index is 12.9. The van der Waals surface area contributed by atoms with Gasteiger partial charge in [0.25, 0.3) is 5.91 Å². The minimum absolute atomic E-state index is 0.0548. The molecule has 0 saturated carbocycles. The van der Waals surface area contributed by atoms with E-state index < -0.39 is 6.10 Å². The predicted molar refractivity (Wildman–Crippen MR) is 85.5 cm³/mol. The van der Waals surface area contributed by atoms with Gasteiger partial charge >= 0.3 is 0 Å². The van der Waals surface area contributed by atoms with Gasteiger partial charge in [0.15, 0.2) is 0 Å². The van der Waals surface area contributed by atoms with Gasteiger partial charge in [0, 0.05) is 18.8 Å². The van der Waals surface area contributed by atoms with Crippen LogP contribution in [0.15, 0.2) is 30.5 Å². The number of amides is 1. The van der Waals surface area contributed by atoms with Crippen molar-refractivity contribution in [2.45, 2.75) is 33.4 Å². The topological polar surface area (TPSA) is 67.2 Å². The van der Waals surface area contributed by atoms with Crippen LogP contribution >= 0.6 is 0 Å². The lowest BCUT2D eigenvalue weighted by atomic mass is 10.1. The van der Waals surface area contributed by atoms with Crippen LogP contribution in [-0.4, -0.2) is 27.3 Å². The van der Waals surface area contributed by atoms with Crippen LogP contribution in [0.25, 0.3) is 0 Å². The van der Waals surface area contributed by atoms with E-state index in [-0.39, 0.29) is 18.3 Å². The van der Waals surface area contributed by atoms with Crippen molar-refractivity contribution in [1.82, 2.24) is 15.1 Å². The molecule has 1 atom stereocenters. The molecule has 6 heteroatoms. The molecule has 0 aliphatic carbocycles. The molecule has 1 aromatic heterocycles. The SMILES string of the molecule is Cc1c(C(=O)NCC(O)c2ccc(F)cc2)cnn1CC(C)C. The van der Waals surface area contributed by atoms with Gasteiger partial charge in [-0.25, -0.2) is 4.39 Å². The molecule has 1 amide bonds. The quantitative estimate of drug-likeness (QED) is 0.859. The van der Waals surface area contributed by atoms with E-state index in [9.17, 15) is 14.3 Å². The fourth-order valence-corrected chi connectivity index (χ4v) is 2.29. The van der Waals surface area contributed by atoms with E-state index in [1.165, 1.54) is 30.5 Å².